The molecule has 2 aliphatic rings. The van der Waals surface area contributed by atoms with E-state index in [0.717, 1.165) is 36.7 Å². The van der Waals surface area contributed by atoms with Gasteiger partial charge in [-0.2, -0.15) is 0 Å². The molecule has 2 fully saturated rings. The summed E-state index contributed by atoms with van der Waals surface area (Å²) in [5.41, 5.74) is 0.582. The quantitative estimate of drug-likeness (QED) is 0.344. The van der Waals surface area contributed by atoms with E-state index < -0.39 is 11.6 Å². The maximum Gasteiger partial charge on any atom is 0.160 e. The Morgan fingerprint density at radius 1 is 0.821 bits per heavy atom. The second-order valence-electron chi connectivity index (χ2n) is 9.14. The Labute approximate surface area is 170 Å². The van der Waals surface area contributed by atoms with Crippen molar-refractivity contribution in [2.45, 2.75) is 90.4 Å². The van der Waals surface area contributed by atoms with Crippen LogP contribution in [0, 0.1) is 47.1 Å². The molecular weight excluding hydrogens is 350 g/mol. The van der Waals surface area contributed by atoms with Gasteiger partial charge in [0.15, 0.2) is 11.6 Å². The smallest absolute Gasteiger partial charge is 0.160 e. The van der Waals surface area contributed by atoms with Gasteiger partial charge in [-0.05, 0) is 74.5 Å². The van der Waals surface area contributed by atoms with E-state index in [-0.39, 0.29) is 0 Å². The van der Waals surface area contributed by atoms with Gasteiger partial charge < -0.3 is 0 Å². The van der Waals surface area contributed by atoms with Gasteiger partial charge in [-0.1, -0.05) is 63.7 Å². The molecule has 0 aliphatic heterocycles. The molecule has 0 unspecified atom stereocenters. The van der Waals surface area contributed by atoms with Gasteiger partial charge >= 0.3 is 0 Å². The predicted octanol–water partition coefficient (Wildman–Crippen LogP) is 7.90. The van der Waals surface area contributed by atoms with Gasteiger partial charge in [-0.3, -0.25) is 0 Å². The van der Waals surface area contributed by atoms with Crippen LogP contribution in [0.15, 0.2) is 18.2 Å². The number of hydrogen-bond donors (Lipinski definition) is 0. The molecule has 1 aromatic rings. The van der Waals surface area contributed by atoms with E-state index in [4.69, 9.17) is 0 Å². The highest BCUT2D eigenvalue weighted by Gasteiger charge is 2.30. The molecule has 1 aromatic carbocycles. The molecule has 0 N–H and O–H groups in total. The lowest BCUT2D eigenvalue weighted by Gasteiger charge is -2.37. The van der Waals surface area contributed by atoms with E-state index in [1.54, 1.807) is 6.07 Å². The molecule has 2 aliphatic carbocycles. The summed E-state index contributed by atoms with van der Waals surface area (Å²) in [6.07, 6.45) is 17.7. The van der Waals surface area contributed by atoms with Crippen LogP contribution in [0.25, 0.3) is 0 Å². The van der Waals surface area contributed by atoms with Crippen LogP contribution in [-0.4, -0.2) is 0 Å². The molecule has 0 nitrogen and oxygen atoms in total. The van der Waals surface area contributed by atoms with Crippen LogP contribution in [0.1, 0.15) is 96.0 Å². The Kier molecular flexibility index (Phi) is 8.38. The van der Waals surface area contributed by atoms with Crippen molar-refractivity contribution in [2.75, 3.05) is 0 Å². The molecule has 0 amide bonds. The average molecular weight is 387 g/mol. The zero-order valence-electron chi connectivity index (χ0n) is 17.5. The number of rotatable bonds is 6. The fourth-order valence-corrected chi connectivity index (χ4v) is 5.30. The van der Waals surface area contributed by atoms with E-state index in [9.17, 15) is 8.78 Å². The van der Waals surface area contributed by atoms with Gasteiger partial charge in [0.2, 0.25) is 0 Å². The third-order valence-electron chi connectivity index (χ3n) is 7.14. The summed E-state index contributed by atoms with van der Waals surface area (Å²) in [5.74, 6) is 7.99. The molecule has 0 radical (unpaired) electrons. The molecule has 28 heavy (non-hydrogen) atoms. The van der Waals surface area contributed by atoms with E-state index >= 15 is 0 Å². The lowest BCUT2D eigenvalue weighted by atomic mass is 9.69. The standard InChI is InChI=1S/C26H36F2/c1-2-3-4-5-6-20-9-14-23(15-10-20)24-16-11-21(12-17-24)7-8-22-13-18-25(27)26(28)19-22/h13,18-21,23-24H,2-6,9-12,14-17H2,1H3. The maximum atomic E-state index is 13.3. The van der Waals surface area contributed by atoms with Crippen molar-refractivity contribution in [3.05, 3.63) is 35.4 Å². The minimum atomic E-state index is -0.809. The number of unbranched alkanes of at least 4 members (excludes halogenated alkanes) is 3. The normalized spacial score (nSPS) is 27.8. The Morgan fingerprint density at radius 3 is 2.14 bits per heavy atom. The molecule has 0 aromatic heterocycles. The van der Waals surface area contributed by atoms with E-state index in [2.05, 4.69) is 18.8 Å². The first-order valence-corrected chi connectivity index (χ1v) is 11.6. The summed E-state index contributed by atoms with van der Waals surface area (Å²) in [7, 11) is 0. The first-order valence-electron chi connectivity index (χ1n) is 11.6. The van der Waals surface area contributed by atoms with Crippen molar-refractivity contribution < 1.29 is 8.78 Å². The minimum Gasteiger partial charge on any atom is -0.204 e. The summed E-state index contributed by atoms with van der Waals surface area (Å²) in [5, 5.41) is 0. The Morgan fingerprint density at radius 2 is 1.50 bits per heavy atom. The maximum absolute atomic E-state index is 13.3. The molecule has 0 saturated heterocycles. The molecule has 0 heterocycles. The monoisotopic (exact) mass is 386 g/mol. The average Bonchev–Trinajstić information content (AvgIpc) is 2.73. The highest BCUT2D eigenvalue weighted by molar-refractivity contribution is 5.35. The zero-order chi connectivity index (χ0) is 19.8. The first-order chi connectivity index (χ1) is 13.7. The van der Waals surface area contributed by atoms with Crippen LogP contribution in [-0.2, 0) is 0 Å². The molecular formula is C26H36F2. The molecule has 0 atom stereocenters. The SMILES string of the molecule is CCCCCCC1CCC(C2CCC(C#Cc3ccc(F)c(F)c3)CC2)CC1. The van der Waals surface area contributed by atoms with Crippen LogP contribution in [0.3, 0.4) is 0 Å². The van der Waals surface area contributed by atoms with Crippen molar-refractivity contribution in [3.63, 3.8) is 0 Å². The van der Waals surface area contributed by atoms with Crippen LogP contribution in [0.5, 0.6) is 0 Å². The Bertz CT molecular complexity index is 653. The molecule has 0 spiro atoms. The minimum absolute atomic E-state index is 0.416. The van der Waals surface area contributed by atoms with Crippen molar-refractivity contribution in [1.29, 1.82) is 0 Å². The summed E-state index contributed by atoms with van der Waals surface area (Å²) >= 11 is 0. The number of halogens is 2. The molecule has 0 bridgehead atoms. The molecule has 2 heteroatoms. The summed E-state index contributed by atoms with van der Waals surface area (Å²) in [6, 6.07) is 3.93. The van der Waals surface area contributed by atoms with E-state index in [1.165, 1.54) is 76.7 Å². The predicted molar refractivity (Wildman–Crippen MR) is 113 cm³/mol. The van der Waals surface area contributed by atoms with E-state index in [0.29, 0.717) is 11.5 Å². The van der Waals surface area contributed by atoms with Crippen molar-refractivity contribution in [3.8, 4) is 11.8 Å². The van der Waals surface area contributed by atoms with Gasteiger partial charge in [0, 0.05) is 11.5 Å². The Hall–Kier alpha value is -1.36. The summed E-state index contributed by atoms with van der Waals surface area (Å²) in [6.45, 7) is 2.29. The second-order valence-corrected chi connectivity index (χ2v) is 9.14. The van der Waals surface area contributed by atoms with Gasteiger partial charge in [-0.15, -0.1) is 0 Å². The van der Waals surface area contributed by atoms with Gasteiger partial charge in [0.25, 0.3) is 0 Å². The fourth-order valence-electron chi connectivity index (χ4n) is 5.30. The molecule has 154 valence electrons. The first kappa shape index (κ1) is 21.4. The second kappa shape index (κ2) is 11.0. The fraction of sp³-hybridized carbons (Fsp3) is 0.692. The topological polar surface area (TPSA) is 0 Å². The van der Waals surface area contributed by atoms with E-state index in [1.807, 2.05) is 0 Å². The van der Waals surface area contributed by atoms with Gasteiger partial charge in [-0.25, -0.2) is 8.78 Å². The van der Waals surface area contributed by atoms with Crippen molar-refractivity contribution >= 4 is 0 Å². The lowest BCUT2D eigenvalue weighted by Crippen LogP contribution is -2.25. The van der Waals surface area contributed by atoms with Crippen LogP contribution in [0.4, 0.5) is 8.78 Å². The van der Waals surface area contributed by atoms with Gasteiger partial charge in [0.05, 0.1) is 0 Å². The number of benzene rings is 1. The lowest BCUT2D eigenvalue weighted by molar-refractivity contribution is 0.153. The molecule has 2 saturated carbocycles. The van der Waals surface area contributed by atoms with Crippen molar-refractivity contribution in [1.82, 2.24) is 0 Å². The third kappa shape index (κ3) is 6.33. The summed E-state index contributed by atoms with van der Waals surface area (Å²) < 4.78 is 26.3. The van der Waals surface area contributed by atoms with Crippen LogP contribution < -0.4 is 0 Å². The highest BCUT2D eigenvalue weighted by atomic mass is 19.2. The summed E-state index contributed by atoms with van der Waals surface area (Å²) in [4.78, 5) is 0. The molecule has 3 rings (SSSR count). The largest absolute Gasteiger partial charge is 0.204 e. The number of hydrogen-bond acceptors (Lipinski definition) is 0. The van der Waals surface area contributed by atoms with Crippen LogP contribution in [0.2, 0.25) is 0 Å². The zero-order valence-corrected chi connectivity index (χ0v) is 17.5. The van der Waals surface area contributed by atoms with Gasteiger partial charge in [0.1, 0.15) is 0 Å². The van der Waals surface area contributed by atoms with Crippen LogP contribution >= 0.6 is 0 Å². The Balaban J connectivity index is 1.38. The van der Waals surface area contributed by atoms with Crippen molar-refractivity contribution in [2.24, 2.45) is 23.7 Å². The highest BCUT2D eigenvalue weighted by Crippen LogP contribution is 2.42. The third-order valence-corrected chi connectivity index (χ3v) is 7.14.